The third kappa shape index (κ3) is 4.22. The molecule has 0 bridgehead atoms. The smallest absolute Gasteiger partial charge is 0.227 e. The number of nitrogens with zero attached hydrogens (tertiary/aromatic N) is 2. The molecule has 2 fully saturated rings. The second-order valence-electron chi connectivity index (χ2n) is 7.42. The van der Waals surface area contributed by atoms with E-state index in [0.717, 1.165) is 17.7 Å². The van der Waals surface area contributed by atoms with Gasteiger partial charge in [0.15, 0.2) is 0 Å². The van der Waals surface area contributed by atoms with Gasteiger partial charge in [-0.25, -0.2) is 0 Å². The van der Waals surface area contributed by atoms with Crippen LogP contribution in [0.25, 0.3) is 0 Å². The van der Waals surface area contributed by atoms with E-state index < -0.39 is 0 Å². The van der Waals surface area contributed by atoms with Gasteiger partial charge in [-0.05, 0) is 42.5 Å². The molecular formula is C22H26N2O3S. The maximum Gasteiger partial charge on any atom is 0.227 e. The van der Waals surface area contributed by atoms with Crippen molar-refractivity contribution in [2.75, 3.05) is 32.8 Å². The van der Waals surface area contributed by atoms with Crippen LogP contribution in [0.4, 0.5) is 0 Å². The van der Waals surface area contributed by atoms with Gasteiger partial charge in [-0.1, -0.05) is 18.2 Å². The lowest BCUT2D eigenvalue weighted by Crippen LogP contribution is -2.51. The van der Waals surface area contributed by atoms with E-state index in [-0.39, 0.29) is 17.7 Å². The average Bonchev–Trinajstić information content (AvgIpc) is 3.33. The molecule has 1 aromatic heterocycles. The molecule has 4 rings (SSSR count). The zero-order chi connectivity index (χ0) is 19.5. The molecule has 1 aliphatic heterocycles. The molecule has 2 unspecified atom stereocenters. The molecule has 2 heterocycles. The summed E-state index contributed by atoms with van der Waals surface area (Å²) >= 11 is 1.74. The molecule has 0 spiro atoms. The number of piperazine rings is 1. The maximum absolute atomic E-state index is 12.7. The monoisotopic (exact) mass is 398 g/mol. The molecule has 0 N–H and O–H groups in total. The van der Waals surface area contributed by atoms with Gasteiger partial charge < -0.3 is 14.5 Å². The molecule has 6 heteroatoms. The Morgan fingerprint density at radius 2 is 1.79 bits per heavy atom. The molecule has 2 aromatic rings. The lowest BCUT2D eigenvalue weighted by Gasteiger charge is -2.35. The van der Waals surface area contributed by atoms with Gasteiger partial charge in [-0.15, -0.1) is 11.3 Å². The summed E-state index contributed by atoms with van der Waals surface area (Å²) in [5.74, 6) is 1.76. The van der Waals surface area contributed by atoms with Crippen molar-refractivity contribution in [1.29, 1.82) is 0 Å². The molecule has 2 atom stereocenters. The number of hydrogen-bond donors (Lipinski definition) is 0. The molecule has 5 nitrogen and oxygen atoms in total. The third-order valence-electron chi connectivity index (χ3n) is 5.55. The van der Waals surface area contributed by atoms with E-state index in [1.165, 1.54) is 4.88 Å². The minimum atomic E-state index is 0.124. The first-order chi connectivity index (χ1) is 13.7. The van der Waals surface area contributed by atoms with Gasteiger partial charge in [0.25, 0.3) is 0 Å². The van der Waals surface area contributed by atoms with Crippen LogP contribution < -0.4 is 4.74 Å². The van der Waals surface area contributed by atoms with Gasteiger partial charge in [0.2, 0.25) is 11.8 Å². The fourth-order valence-corrected chi connectivity index (χ4v) is 4.76. The Hall–Kier alpha value is -2.34. The van der Waals surface area contributed by atoms with Crippen LogP contribution in [0, 0.1) is 5.92 Å². The van der Waals surface area contributed by atoms with Gasteiger partial charge in [-0.2, -0.15) is 0 Å². The summed E-state index contributed by atoms with van der Waals surface area (Å²) in [5, 5.41) is 2.07. The van der Waals surface area contributed by atoms with Crippen LogP contribution in [-0.4, -0.2) is 54.4 Å². The molecule has 2 aliphatic rings. The van der Waals surface area contributed by atoms with E-state index in [0.29, 0.717) is 45.1 Å². The standard InChI is InChI=1S/C22H26N2O3S/c1-2-27-17-7-5-16(6-8-17)14-21(25)23-9-11-24(12-10-23)22(26)19-15-18(19)20-4-3-13-28-20/h3-8,13,18-19H,2,9-12,14-15H2,1H3. The largest absolute Gasteiger partial charge is 0.494 e. The van der Waals surface area contributed by atoms with Crippen LogP contribution in [0.3, 0.4) is 0 Å². The summed E-state index contributed by atoms with van der Waals surface area (Å²) in [6.45, 7) is 5.11. The number of benzene rings is 1. The van der Waals surface area contributed by atoms with Crippen LogP contribution in [0.1, 0.15) is 29.7 Å². The normalized spacial score (nSPS) is 21.5. The summed E-state index contributed by atoms with van der Waals surface area (Å²) in [4.78, 5) is 30.5. The van der Waals surface area contributed by atoms with E-state index in [1.54, 1.807) is 11.3 Å². The molecular weight excluding hydrogens is 372 g/mol. The molecule has 1 saturated heterocycles. The van der Waals surface area contributed by atoms with E-state index in [1.807, 2.05) is 41.0 Å². The van der Waals surface area contributed by atoms with Crippen molar-refractivity contribution in [1.82, 2.24) is 9.80 Å². The van der Waals surface area contributed by atoms with Crippen LogP contribution in [0.5, 0.6) is 5.75 Å². The summed E-state index contributed by atoms with van der Waals surface area (Å²) in [6, 6.07) is 11.9. The Balaban J connectivity index is 1.24. The summed E-state index contributed by atoms with van der Waals surface area (Å²) in [5.41, 5.74) is 0.990. The van der Waals surface area contributed by atoms with Crippen LogP contribution in [0.15, 0.2) is 41.8 Å². The first-order valence-corrected chi connectivity index (χ1v) is 10.9. The predicted octanol–water partition coefficient (Wildman–Crippen LogP) is 3.16. The van der Waals surface area contributed by atoms with Crippen molar-refractivity contribution in [3.05, 3.63) is 52.2 Å². The highest BCUT2D eigenvalue weighted by Crippen LogP contribution is 2.50. The Labute approximate surface area is 169 Å². The number of rotatable bonds is 6. The average molecular weight is 399 g/mol. The van der Waals surface area contributed by atoms with E-state index >= 15 is 0 Å². The Morgan fingerprint density at radius 1 is 1.07 bits per heavy atom. The predicted molar refractivity (Wildman–Crippen MR) is 110 cm³/mol. The van der Waals surface area contributed by atoms with Gasteiger partial charge >= 0.3 is 0 Å². The minimum Gasteiger partial charge on any atom is -0.494 e. The number of hydrogen-bond acceptors (Lipinski definition) is 4. The molecule has 1 aromatic carbocycles. The Morgan fingerprint density at radius 3 is 2.43 bits per heavy atom. The van der Waals surface area contributed by atoms with Crippen molar-refractivity contribution in [3.8, 4) is 5.75 Å². The second-order valence-corrected chi connectivity index (χ2v) is 8.40. The highest BCUT2D eigenvalue weighted by atomic mass is 32.1. The van der Waals surface area contributed by atoms with Crippen LogP contribution in [0.2, 0.25) is 0 Å². The fourth-order valence-electron chi connectivity index (χ4n) is 3.85. The van der Waals surface area contributed by atoms with Crippen LogP contribution in [-0.2, 0) is 16.0 Å². The maximum atomic E-state index is 12.7. The van der Waals surface area contributed by atoms with E-state index in [4.69, 9.17) is 4.74 Å². The second kappa shape index (κ2) is 8.35. The van der Waals surface area contributed by atoms with Crippen molar-refractivity contribution in [3.63, 3.8) is 0 Å². The number of amides is 2. The summed E-state index contributed by atoms with van der Waals surface area (Å²) in [6.07, 6.45) is 1.36. The summed E-state index contributed by atoms with van der Waals surface area (Å²) in [7, 11) is 0. The molecule has 0 radical (unpaired) electrons. The van der Waals surface area contributed by atoms with Gasteiger partial charge in [0, 0.05) is 42.9 Å². The number of thiophene rings is 1. The lowest BCUT2D eigenvalue weighted by atomic mass is 10.1. The highest BCUT2D eigenvalue weighted by Gasteiger charge is 2.46. The quantitative estimate of drug-likeness (QED) is 0.751. The third-order valence-corrected chi connectivity index (χ3v) is 6.55. The minimum absolute atomic E-state index is 0.124. The number of carbonyl (C=O) groups excluding carboxylic acids is 2. The first kappa shape index (κ1) is 19.0. The zero-order valence-corrected chi connectivity index (χ0v) is 17.0. The first-order valence-electron chi connectivity index (χ1n) is 9.97. The Bertz CT molecular complexity index is 811. The molecule has 148 valence electrons. The molecule has 1 aliphatic carbocycles. The van der Waals surface area contributed by atoms with Gasteiger partial charge in [-0.3, -0.25) is 9.59 Å². The van der Waals surface area contributed by atoms with Crippen molar-refractivity contribution < 1.29 is 14.3 Å². The van der Waals surface area contributed by atoms with Crippen molar-refractivity contribution in [2.45, 2.75) is 25.7 Å². The highest BCUT2D eigenvalue weighted by molar-refractivity contribution is 7.10. The molecule has 2 amide bonds. The van der Waals surface area contributed by atoms with Gasteiger partial charge in [0.05, 0.1) is 13.0 Å². The Kier molecular flexibility index (Phi) is 5.67. The van der Waals surface area contributed by atoms with Gasteiger partial charge in [0.1, 0.15) is 5.75 Å². The van der Waals surface area contributed by atoms with E-state index in [9.17, 15) is 9.59 Å². The lowest BCUT2D eigenvalue weighted by molar-refractivity contribution is -0.140. The van der Waals surface area contributed by atoms with Crippen molar-refractivity contribution in [2.24, 2.45) is 5.92 Å². The fraction of sp³-hybridized carbons (Fsp3) is 0.455. The zero-order valence-electron chi connectivity index (χ0n) is 16.2. The number of ether oxygens (including phenoxy) is 1. The van der Waals surface area contributed by atoms with Crippen LogP contribution >= 0.6 is 11.3 Å². The molecule has 1 saturated carbocycles. The van der Waals surface area contributed by atoms with Crippen molar-refractivity contribution >= 4 is 23.2 Å². The topological polar surface area (TPSA) is 49.9 Å². The molecule has 28 heavy (non-hydrogen) atoms. The number of carbonyl (C=O) groups is 2. The SMILES string of the molecule is CCOc1ccc(CC(=O)N2CCN(C(=O)C3CC3c3cccs3)CC2)cc1. The van der Waals surface area contributed by atoms with E-state index in [2.05, 4.69) is 17.5 Å². The summed E-state index contributed by atoms with van der Waals surface area (Å²) < 4.78 is 5.44.